The quantitative estimate of drug-likeness (QED) is 0.346. The molecule has 2 heterocycles. The molecule has 0 aromatic heterocycles. The SMILES string of the molecule is CCC(C)(F)F.O=C(O)C1(COc2cc3c(cc2C(F)(F)F)N(c2ccc(F)cc2)CCCS3)CC2(COC2)C1. The topological polar surface area (TPSA) is 59.0 Å². The molecule has 40 heavy (non-hydrogen) atoms. The normalized spacial score (nSPS) is 19.4. The summed E-state index contributed by atoms with van der Waals surface area (Å²) in [6, 6.07) is 8.06. The molecular formula is C28H31F6NO4S. The van der Waals surface area contributed by atoms with Crippen LogP contribution in [0.1, 0.15) is 45.1 Å². The van der Waals surface area contributed by atoms with Crippen molar-refractivity contribution in [1.82, 2.24) is 0 Å². The summed E-state index contributed by atoms with van der Waals surface area (Å²) >= 11 is 1.42. The second-order valence-corrected chi connectivity index (χ2v) is 11.9. The monoisotopic (exact) mass is 591 g/mol. The molecule has 0 radical (unpaired) electrons. The smallest absolute Gasteiger partial charge is 0.420 e. The minimum atomic E-state index is -4.70. The van der Waals surface area contributed by atoms with Gasteiger partial charge in [0.1, 0.15) is 23.6 Å². The molecular weight excluding hydrogens is 560 g/mol. The number of fused-ring (bicyclic) bond motifs is 1. The minimum absolute atomic E-state index is 0.0625. The number of anilines is 2. The van der Waals surface area contributed by atoms with Crippen molar-refractivity contribution in [2.24, 2.45) is 10.8 Å². The Labute approximate surface area is 232 Å². The largest absolute Gasteiger partial charge is 0.492 e. The molecule has 2 aromatic carbocycles. The molecule has 1 N–H and O–H groups in total. The van der Waals surface area contributed by atoms with E-state index in [9.17, 15) is 36.2 Å². The van der Waals surface area contributed by atoms with E-state index in [1.54, 1.807) is 17.0 Å². The van der Waals surface area contributed by atoms with E-state index < -0.39 is 34.9 Å². The van der Waals surface area contributed by atoms with Gasteiger partial charge in [-0.25, -0.2) is 13.2 Å². The zero-order valence-corrected chi connectivity index (χ0v) is 22.9. The van der Waals surface area contributed by atoms with E-state index in [4.69, 9.17) is 9.47 Å². The summed E-state index contributed by atoms with van der Waals surface area (Å²) in [4.78, 5) is 14.3. The number of ether oxygens (including phenoxy) is 2. The van der Waals surface area contributed by atoms with Crippen LogP contribution in [0.3, 0.4) is 0 Å². The van der Waals surface area contributed by atoms with Crippen molar-refractivity contribution in [2.75, 3.05) is 37.0 Å². The molecule has 1 saturated heterocycles. The molecule has 0 amide bonds. The third-order valence-electron chi connectivity index (χ3n) is 7.40. The Kier molecular flexibility index (Phi) is 8.61. The molecule has 220 valence electrons. The Morgan fingerprint density at radius 2 is 1.75 bits per heavy atom. The summed E-state index contributed by atoms with van der Waals surface area (Å²) in [5.74, 6) is -3.63. The lowest BCUT2D eigenvalue weighted by Crippen LogP contribution is -2.62. The van der Waals surface area contributed by atoms with Crippen molar-refractivity contribution in [2.45, 2.75) is 56.5 Å². The van der Waals surface area contributed by atoms with E-state index in [1.165, 1.54) is 36.9 Å². The van der Waals surface area contributed by atoms with Gasteiger partial charge in [0.25, 0.3) is 0 Å². The Morgan fingerprint density at radius 1 is 1.12 bits per heavy atom. The molecule has 2 aliphatic heterocycles. The van der Waals surface area contributed by atoms with E-state index in [-0.39, 0.29) is 24.2 Å². The van der Waals surface area contributed by atoms with Gasteiger partial charge in [0.15, 0.2) is 0 Å². The lowest BCUT2D eigenvalue weighted by Gasteiger charge is -2.57. The lowest BCUT2D eigenvalue weighted by molar-refractivity contribution is -0.226. The summed E-state index contributed by atoms with van der Waals surface area (Å²) in [6.07, 6.45) is -3.38. The number of carboxylic acids is 1. The number of alkyl halides is 5. The number of benzene rings is 2. The van der Waals surface area contributed by atoms with E-state index in [0.29, 0.717) is 54.6 Å². The van der Waals surface area contributed by atoms with Crippen molar-refractivity contribution >= 4 is 29.1 Å². The van der Waals surface area contributed by atoms with Crippen LogP contribution in [-0.2, 0) is 15.7 Å². The van der Waals surface area contributed by atoms with Gasteiger partial charge in [0, 0.05) is 29.0 Å². The molecule has 1 spiro atoms. The maximum Gasteiger partial charge on any atom is 0.420 e. The van der Waals surface area contributed by atoms with Gasteiger partial charge in [0.05, 0.1) is 24.5 Å². The van der Waals surface area contributed by atoms with Crippen LogP contribution in [0.5, 0.6) is 5.75 Å². The first-order valence-electron chi connectivity index (χ1n) is 12.9. The first kappa shape index (κ1) is 30.4. The van der Waals surface area contributed by atoms with Gasteiger partial charge in [-0.15, -0.1) is 11.8 Å². The van der Waals surface area contributed by atoms with Crippen molar-refractivity contribution in [3.05, 3.63) is 47.8 Å². The molecule has 0 atom stereocenters. The molecule has 1 saturated carbocycles. The second-order valence-electron chi connectivity index (χ2n) is 10.8. The van der Waals surface area contributed by atoms with Crippen LogP contribution in [0.2, 0.25) is 0 Å². The summed E-state index contributed by atoms with van der Waals surface area (Å²) in [7, 11) is 0. The first-order chi connectivity index (χ1) is 18.7. The maximum atomic E-state index is 14.1. The van der Waals surface area contributed by atoms with Crippen LogP contribution >= 0.6 is 11.8 Å². The summed E-state index contributed by atoms with van der Waals surface area (Å²) in [5.41, 5.74) is -1.39. The van der Waals surface area contributed by atoms with Gasteiger partial charge in [-0.1, -0.05) is 6.92 Å². The third-order valence-corrected chi connectivity index (χ3v) is 8.53. The molecule has 5 rings (SSSR count). The number of hydrogen-bond acceptors (Lipinski definition) is 5. The first-order valence-corrected chi connectivity index (χ1v) is 13.9. The fourth-order valence-corrected chi connectivity index (χ4v) is 6.14. The van der Waals surface area contributed by atoms with E-state index in [2.05, 4.69) is 0 Å². The third kappa shape index (κ3) is 6.64. The standard InChI is InChI=1S/C24H23F4NO4S.C4H8F2/c25-15-2-4-16(5-3-15)29-6-1-7-34-20-9-19(17(8-18(20)29)24(26,27)28)33-14-23(21(30)31)10-22(11-23)12-32-13-22;1-3-4(2,5)6/h2-5,8-9H,1,6-7,10-14H2,(H,30,31);3H2,1-2H3. The highest BCUT2D eigenvalue weighted by atomic mass is 32.2. The number of nitrogens with zero attached hydrogens (tertiary/aromatic N) is 1. The van der Waals surface area contributed by atoms with Crippen LogP contribution in [0.25, 0.3) is 0 Å². The summed E-state index contributed by atoms with van der Waals surface area (Å²) in [6.45, 7) is 3.47. The van der Waals surface area contributed by atoms with Crippen molar-refractivity contribution < 1.29 is 45.7 Å². The van der Waals surface area contributed by atoms with Gasteiger partial charge in [-0.05, 0) is 68.3 Å². The average molecular weight is 592 g/mol. The van der Waals surface area contributed by atoms with Crippen molar-refractivity contribution in [1.29, 1.82) is 0 Å². The van der Waals surface area contributed by atoms with Gasteiger partial charge < -0.3 is 19.5 Å². The Balaban J connectivity index is 0.000000557. The molecule has 2 aromatic rings. The maximum absolute atomic E-state index is 14.1. The molecule has 5 nitrogen and oxygen atoms in total. The number of rotatable bonds is 6. The van der Waals surface area contributed by atoms with Crippen LogP contribution in [0, 0.1) is 16.6 Å². The lowest BCUT2D eigenvalue weighted by atomic mass is 9.52. The number of carbonyl (C=O) groups is 1. The molecule has 2 fully saturated rings. The zero-order chi connectivity index (χ0) is 29.3. The number of thioether (sulfide) groups is 1. The highest BCUT2D eigenvalue weighted by Gasteiger charge is 2.63. The van der Waals surface area contributed by atoms with Crippen LogP contribution < -0.4 is 9.64 Å². The van der Waals surface area contributed by atoms with Crippen LogP contribution in [0.15, 0.2) is 41.3 Å². The minimum Gasteiger partial charge on any atom is -0.492 e. The van der Waals surface area contributed by atoms with Gasteiger partial charge in [-0.2, -0.15) is 13.2 Å². The zero-order valence-electron chi connectivity index (χ0n) is 22.1. The highest BCUT2D eigenvalue weighted by Crippen LogP contribution is 2.59. The predicted octanol–water partition coefficient (Wildman–Crippen LogP) is 7.79. The Hall–Kier alpha value is -2.60. The van der Waals surface area contributed by atoms with Gasteiger partial charge in [-0.3, -0.25) is 4.79 Å². The summed E-state index contributed by atoms with van der Waals surface area (Å²) in [5, 5.41) is 9.77. The fourth-order valence-electron chi connectivity index (χ4n) is 5.14. The number of carboxylic acid groups (broad SMARTS) is 1. The van der Waals surface area contributed by atoms with Crippen molar-refractivity contribution in [3.8, 4) is 5.75 Å². The van der Waals surface area contributed by atoms with E-state index in [0.717, 1.165) is 19.4 Å². The summed E-state index contributed by atoms with van der Waals surface area (Å²) < 4.78 is 89.4. The van der Waals surface area contributed by atoms with Gasteiger partial charge in [0.2, 0.25) is 5.92 Å². The number of halogens is 6. The van der Waals surface area contributed by atoms with E-state index in [1.807, 2.05) is 0 Å². The fraction of sp³-hybridized carbons (Fsp3) is 0.536. The van der Waals surface area contributed by atoms with Gasteiger partial charge >= 0.3 is 12.1 Å². The predicted molar refractivity (Wildman–Crippen MR) is 139 cm³/mol. The van der Waals surface area contributed by atoms with Crippen molar-refractivity contribution in [3.63, 3.8) is 0 Å². The Morgan fingerprint density at radius 3 is 2.25 bits per heavy atom. The Bertz CT molecular complexity index is 1200. The second kappa shape index (κ2) is 11.3. The average Bonchev–Trinajstić information content (AvgIpc) is 3.03. The van der Waals surface area contributed by atoms with Crippen LogP contribution in [0.4, 0.5) is 37.7 Å². The number of hydrogen-bond donors (Lipinski definition) is 1. The van der Waals surface area contributed by atoms with E-state index >= 15 is 0 Å². The molecule has 1 aliphatic carbocycles. The molecule has 3 aliphatic rings. The number of aliphatic carboxylic acids is 1. The molecule has 0 bridgehead atoms. The molecule has 0 unspecified atom stereocenters. The van der Waals surface area contributed by atoms with Crippen LogP contribution in [-0.4, -0.2) is 49.1 Å². The highest BCUT2D eigenvalue weighted by molar-refractivity contribution is 7.99. The molecule has 12 heteroatoms.